The molecule has 0 bridgehead atoms. The van der Waals surface area contributed by atoms with Crippen LogP contribution in [0.1, 0.15) is 5.56 Å². The van der Waals surface area contributed by atoms with Crippen molar-refractivity contribution in [2.75, 3.05) is 11.2 Å². The van der Waals surface area contributed by atoms with Gasteiger partial charge in [0.2, 0.25) is 6.41 Å². The van der Waals surface area contributed by atoms with E-state index in [4.69, 9.17) is 11.6 Å². The molecule has 0 heterocycles. The van der Waals surface area contributed by atoms with E-state index in [1.807, 2.05) is 18.2 Å². The Morgan fingerprint density at radius 2 is 2.23 bits per heavy atom. The van der Waals surface area contributed by atoms with Crippen LogP contribution in [0.15, 0.2) is 24.3 Å². The fourth-order valence-electron chi connectivity index (χ4n) is 0.910. The van der Waals surface area contributed by atoms with Gasteiger partial charge in [-0.25, -0.2) is 0 Å². The summed E-state index contributed by atoms with van der Waals surface area (Å²) in [4.78, 5) is 10.2. The van der Waals surface area contributed by atoms with Gasteiger partial charge in [0, 0.05) is 5.56 Å². The minimum atomic E-state index is 0.287. The normalized spacial score (nSPS) is 8.38. The molecule has 0 spiro atoms. The molecule has 0 atom stereocenters. The Hall–Kier alpha value is -1.46. The molecule has 13 heavy (non-hydrogen) atoms. The second-order valence-corrected chi connectivity index (χ2v) is 2.51. The highest BCUT2D eigenvalue weighted by atomic mass is 35.5. The zero-order valence-electron chi connectivity index (χ0n) is 6.88. The van der Waals surface area contributed by atoms with Gasteiger partial charge in [0.25, 0.3) is 0 Å². The first kappa shape index (κ1) is 9.63. The molecule has 2 nitrogen and oxygen atoms in total. The van der Waals surface area contributed by atoms with Gasteiger partial charge in [-0.1, -0.05) is 24.0 Å². The van der Waals surface area contributed by atoms with E-state index in [2.05, 4.69) is 17.2 Å². The third-order valence-corrected chi connectivity index (χ3v) is 1.56. The first-order valence-electron chi connectivity index (χ1n) is 3.72. The Balaban J connectivity index is 2.96. The second-order valence-electron chi connectivity index (χ2n) is 2.24. The van der Waals surface area contributed by atoms with E-state index in [1.54, 1.807) is 6.07 Å². The molecule has 0 aliphatic heterocycles. The van der Waals surface area contributed by atoms with E-state index in [9.17, 15) is 4.79 Å². The molecule has 0 fully saturated rings. The van der Waals surface area contributed by atoms with E-state index < -0.39 is 0 Å². The number of hydrogen-bond acceptors (Lipinski definition) is 1. The van der Waals surface area contributed by atoms with Crippen LogP contribution < -0.4 is 5.32 Å². The van der Waals surface area contributed by atoms with E-state index >= 15 is 0 Å². The van der Waals surface area contributed by atoms with Gasteiger partial charge in [0.05, 0.1) is 11.6 Å². The first-order chi connectivity index (χ1) is 6.38. The number of para-hydroxylation sites is 1. The van der Waals surface area contributed by atoms with Crippen molar-refractivity contribution in [2.24, 2.45) is 0 Å². The smallest absolute Gasteiger partial charge is 0.211 e. The zero-order valence-corrected chi connectivity index (χ0v) is 7.64. The number of carbonyl (C=O) groups is 1. The maximum Gasteiger partial charge on any atom is 0.211 e. The number of nitrogens with one attached hydrogen (secondary N) is 1. The van der Waals surface area contributed by atoms with Crippen LogP contribution in [-0.4, -0.2) is 12.3 Å². The summed E-state index contributed by atoms with van der Waals surface area (Å²) in [5, 5.41) is 2.56. The predicted molar refractivity (Wildman–Crippen MR) is 53.7 cm³/mol. The van der Waals surface area contributed by atoms with Gasteiger partial charge in [0.1, 0.15) is 0 Å². The van der Waals surface area contributed by atoms with Gasteiger partial charge in [-0.15, -0.1) is 11.6 Å². The number of carbonyl (C=O) groups excluding carboxylic acids is 1. The van der Waals surface area contributed by atoms with Gasteiger partial charge in [-0.05, 0) is 12.1 Å². The SMILES string of the molecule is O=CNc1ccccc1C#CCCl. The standard InChI is InChI=1S/C10H8ClNO/c11-7-3-5-9-4-1-2-6-10(9)12-8-13/h1-2,4,6,8H,7H2,(H,12,13). The molecule has 1 aromatic rings. The van der Waals surface area contributed by atoms with Crippen molar-refractivity contribution in [3.05, 3.63) is 29.8 Å². The minimum Gasteiger partial charge on any atom is -0.328 e. The Morgan fingerprint density at radius 3 is 2.92 bits per heavy atom. The van der Waals surface area contributed by atoms with Crippen LogP contribution in [-0.2, 0) is 4.79 Å². The molecule has 0 saturated carbocycles. The van der Waals surface area contributed by atoms with Gasteiger partial charge in [-0.3, -0.25) is 4.79 Å². The fourth-order valence-corrected chi connectivity index (χ4v) is 0.977. The highest BCUT2D eigenvalue weighted by molar-refractivity contribution is 6.19. The molecular weight excluding hydrogens is 186 g/mol. The second kappa shape index (κ2) is 5.23. The topological polar surface area (TPSA) is 29.1 Å². The Morgan fingerprint density at radius 1 is 1.46 bits per heavy atom. The van der Waals surface area contributed by atoms with Gasteiger partial charge >= 0.3 is 0 Å². The summed E-state index contributed by atoms with van der Waals surface area (Å²) in [6.07, 6.45) is 0.626. The van der Waals surface area contributed by atoms with Crippen LogP contribution in [0.5, 0.6) is 0 Å². The Bertz CT molecular complexity index is 351. The van der Waals surface area contributed by atoms with Gasteiger partial charge < -0.3 is 5.32 Å². The molecule has 0 radical (unpaired) electrons. The van der Waals surface area contributed by atoms with Crippen molar-refractivity contribution in [1.82, 2.24) is 0 Å². The summed E-state index contributed by atoms with van der Waals surface area (Å²) in [5.41, 5.74) is 1.48. The van der Waals surface area contributed by atoms with Crippen LogP contribution in [0.4, 0.5) is 5.69 Å². The molecular formula is C10H8ClNO. The minimum absolute atomic E-state index is 0.287. The first-order valence-corrected chi connectivity index (χ1v) is 4.26. The van der Waals surface area contributed by atoms with Crippen LogP contribution in [0.2, 0.25) is 0 Å². The summed E-state index contributed by atoms with van der Waals surface area (Å²) in [6.45, 7) is 0. The van der Waals surface area contributed by atoms with Crippen molar-refractivity contribution in [3.8, 4) is 11.8 Å². The lowest BCUT2D eigenvalue weighted by molar-refractivity contribution is -0.105. The lowest BCUT2D eigenvalue weighted by Crippen LogP contribution is -1.95. The summed E-state index contributed by atoms with van der Waals surface area (Å²) in [7, 11) is 0. The van der Waals surface area contributed by atoms with Crippen LogP contribution in [0, 0.1) is 11.8 Å². The predicted octanol–water partition coefficient (Wildman–Crippen LogP) is 1.85. The summed E-state index contributed by atoms with van der Waals surface area (Å²) in [5.74, 6) is 5.85. The largest absolute Gasteiger partial charge is 0.328 e. The number of anilines is 1. The molecule has 0 aliphatic rings. The van der Waals surface area contributed by atoms with Gasteiger partial charge in [-0.2, -0.15) is 0 Å². The van der Waals surface area contributed by atoms with Crippen LogP contribution >= 0.6 is 11.6 Å². The van der Waals surface area contributed by atoms with E-state index in [1.165, 1.54) is 0 Å². The maximum atomic E-state index is 10.2. The monoisotopic (exact) mass is 193 g/mol. The third kappa shape index (κ3) is 2.81. The fraction of sp³-hybridized carbons (Fsp3) is 0.100. The lowest BCUT2D eigenvalue weighted by Gasteiger charge is -2.00. The highest BCUT2D eigenvalue weighted by Crippen LogP contribution is 2.12. The third-order valence-electron chi connectivity index (χ3n) is 1.43. The Kier molecular flexibility index (Phi) is 3.87. The lowest BCUT2D eigenvalue weighted by atomic mass is 10.2. The van der Waals surface area contributed by atoms with E-state index in [0.717, 1.165) is 5.56 Å². The van der Waals surface area contributed by atoms with E-state index in [-0.39, 0.29) is 5.88 Å². The molecule has 66 valence electrons. The van der Waals surface area contributed by atoms with Crippen molar-refractivity contribution in [1.29, 1.82) is 0 Å². The maximum absolute atomic E-state index is 10.2. The quantitative estimate of drug-likeness (QED) is 0.434. The molecule has 1 rings (SSSR count). The van der Waals surface area contributed by atoms with E-state index in [0.29, 0.717) is 12.1 Å². The number of hydrogen-bond donors (Lipinski definition) is 1. The summed E-state index contributed by atoms with van der Waals surface area (Å²) in [6, 6.07) is 7.30. The average Bonchev–Trinajstić information content (AvgIpc) is 2.17. The van der Waals surface area contributed by atoms with Crippen molar-refractivity contribution < 1.29 is 4.79 Å². The van der Waals surface area contributed by atoms with Crippen molar-refractivity contribution in [2.45, 2.75) is 0 Å². The molecule has 3 heteroatoms. The number of benzene rings is 1. The number of halogens is 1. The molecule has 0 aliphatic carbocycles. The zero-order chi connectivity index (χ0) is 9.52. The number of amides is 1. The van der Waals surface area contributed by atoms with Crippen molar-refractivity contribution in [3.63, 3.8) is 0 Å². The molecule has 1 N–H and O–H groups in total. The molecule has 0 saturated heterocycles. The number of rotatable bonds is 2. The van der Waals surface area contributed by atoms with Crippen LogP contribution in [0.25, 0.3) is 0 Å². The summed E-state index contributed by atoms with van der Waals surface area (Å²) < 4.78 is 0. The number of alkyl halides is 1. The van der Waals surface area contributed by atoms with Crippen LogP contribution in [0.3, 0.4) is 0 Å². The average molecular weight is 194 g/mol. The molecule has 0 unspecified atom stereocenters. The Labute approximate surface area is 81.9 Å². The molecule has 0 aromatic heterocycles. The molecule has 1 aromatic carbocycles. The highest BCUT2D eigenvalue weighted by Gasteiger charge is 1.95. The molecule has 1 amide bonds. The summed E-state index contributed by atoms with van der Waals surface area (Å²) >= 11 is 5.42. The van der Waals surface area contributed by atoms with Crippen molar-refractivity contribution >= 4 is 23.7 Å². The van der Waals surface area contributed by atoms with Gasteiger partial charge in [0.15, 0.2) is 0 Å².